The highest BCUT2D eigenvalue weighted by Crippen LogP contribution is 2.12. The van der Waals surface area contributed by atoms with Crippen molar-refractivity contribution in [2.24, 2.45) is 4.99 Å². The molecule has 12 heavy (non-hydrogen) atoms. The maximum atomic E-state index is 10.8. The number of amides is 1. The summed E-state index contributed by atoms with van der Waals surface area (Å²) in [7, 11) is 1.61. The molecule has 1 saturated heterocycles. The Hall–Kier alpha value is -0.710. The highest BCUT2D eigenvalue weighted by atomic mass is 32.2. The van der Waals surface area contributed by atoms with E-state index in [4.69, 9.17) is 0 Å². The topological polar surface area (TPSA) is 53.5 Å². The standard InChI is InChI=1S/C7H13N3OS/c1-5-4-12-7(10-5)9-3-6(11)8-2/h5H,3-4H2,1-2H3,(H,8,11)(H,9,10). The molecule has 2 N–H and O–H groups in total. The molecular formula is C7H13N3OS. The molecule has 0 aliphatic carbocycles. The lowest BCUT2D eigenvalue weighted by Gasteiger charge is -2.00. The maximum absolute atomic E-state index is 10.8. The van der Waals surface area contributed by atoms with Crippen molar-refractivity contribution in [2.45, 2.75) is 13.0 Å². The molecule has 1 aliphatic rings. The minimum atomic E-state index is -0.0514. The summed E-state index contributed by atoms with van der Waals surface area (Å²) < 4.78 is 0. The summed E-state index contributed by atoms with van der Waals surface area (Å²) >= 11 is 1.66. The number of thioether (sulfide) groups is 1. The van der Waals surface area contributed by atoms with Crippen LogP contribution in [-0.4, -0.2) is 36.5 Å². The zero-order valence-electron chi connectivity index (χ0n) is 7.26. The second kappa shape index (κ2) is 4.35. The van der Waals surface area contributed by atoms with Gasteiger partial charge in [-0.05, 0) is 6.92 Å². The molecule has 1 unspecified atom stereocenters. The number of hydrogen-bond donors (Lipinski definition) is 2. The summed E-state index contributed by atoms with van der Waals surface area (Å²) in [6.07, 6.45) is 0. The summed E-state index contributed by atoms with van der Waals surface area (Å²) in [4.78, 5) is 14.9. The van der Waals surface area contributed by atoms with E-state index in [0.29, 0.717) is 6.04 Å². The minimum absolute atomic E-state index is 0.0514. The first kappa shape index (κ1) is 9.38. The predicted molar refractivity (Wildman–Crippen MR) is 51.4 cm³/mol. The number of carbonyl (C=O) groups is 1. The van der Waals surface area contributed by atoms with E-state index in [2.05, 4.69) is 22.5 Å². The first-order chi connectivity index (χ1) is 5.72. The Labute approximate surface area is 76.2 Å². The number of likely N-dealkylation sites (N-methyl/N-ethyl adjacent to an activating group) is 1. The number of amidine groups is 1. The fourth-order valence-electron chi connectivity index (χ4n) is 0.812. The number of rotatable bonds is 2. The summed E-state index contributed by atoms with van der Waals surface area (Å²) in [5, 5.41) is 6.56. The molecule has 5 heteroatoms. The molecule has 1 heterocycles. The number of nitrogens with zero attached hydrogens (tertiary/aromatic N) is 1. The predicted octanol–water partition coefficient (Wildman–Crippen LogP) is -0.187. The third kappa shape index (κ3) is 2.73. The van der Waals surface area contributed by atoms with Gasteiger partial charge in [0.2, 0.25) is 5.91 Å². The smallest absolute Gasteiger partial charge is 0.241 e. The van der Waals surface area contributed by atoms with Crippen molar-refractivity contribution in [3.63, 3.8) is 0 Å². The van der Waals surface area contributed by atoms with E-state index >= 15 is 0 Å². The van der Waals surface area contributed by atoms with Crippen LogP contribution >= 0.6 is 11.8 Å². The Morgan fingerprint density at radius 1 is 1.92 bits per heavy atom. The van der Waals surface area contributed by atoms with Gasteiger partial charge in [0.15, 0.2) is 5.17 Å². The molecule has 0 spiro atoms. The normalized spacial score (nSPS) is 25.5. The second-order valence-electron chi connectivity index (χ2n) is 2.65. The molecule has 4 nitrogen and oxygen atoms in total. The van der Waals surface area contributed by atoms with Gasteiger partial charge in [0.05, 0.1) is 0 Å². The van der Waals surface area contributed by atoms with Gasteiger partial charge in [-0.25, -0.2) is 0 Å². The van der Waals surface area contributed by atoms with Gasteiger partial charge in [-0.2, -0.15) is 0 Å². The van der Waals surface area contributed by atoms with Crippen LogP contribution in [0.25, 0.3) is 0 Å². The van der Waals surface area contributed by atoms with Crippen molar-refractivity contribution in [1.82, 2.24) is 10.6 Å². The van der Waals surface area contributed by atoms with Gasteiger partial charge >= 0.3 is 0 Å². The van der Waals surface area contributed by atoms with Crippen LogP contribution in [0.4, 0.5) is 0 Å². The Kier molecular flexibility index (Phi) is 3.40. The number of nitrogens with one attached hydrogen (secondary N) is 2. The van der Waals surface area contributed by atoms with Crippen LogP contribution in [0.15, 0.2) is 4.99 Å². The first-order valence-corrected chi connectivity index (χ1v) is 4.85. The average molecular weight is 187 g/mol. The number of aliphatic imine (C=N–C) groups is 1. The molecule has 1 atom stereocenters. The lowest BCUT2D eigenvalue weighted by atomic mass is 10.4. The molecule has 1 amide bonds. The third-order valence-electron chi connectivity index (χ3n) is 1.49. The van der Waals surface area contributed by atoms with Gasteiger partial charge < -0.3 is 10.6 Å². The van der Waals surface area contributed by atoms with Gasteiger partial charge in [-0.15, -0.1) is 0 Å². The van der Waals surface area contributed by atoms with Gasteiger partial charge in [0.1, 0.15) is 6.54 Å². The van der Waals surface area contributed by atoms with E-state index in [0.717, 1.165) is 10.9 Å². The van der Waals surface area contributed by atoms with Crippen molar-refractivity contribution in [3.8, 4) is 0 Å². The summed E-state index contributed by atoms with van der Waals surface area (Å²) in [6.45, 7) is 2.31. The number of hydrogen-bond acceptors (Lipinski definition) is 3. The average Bonchev–Trinajstić information content (AvgIpc) is 2.47. The van der Waals surface area contributed by atoms with Crippen LogP contribution < -0.4 is 10.6 Å². The quantitative estimate of drug-likeness (QED) is 0.630. The van der Waals surface area contributed by atoms with Crippen LogP contribution in [0.3, 0.4) is 0 Å². The number of carbonyl (C=O) groups excluding carboxylic acids is 1. The van der Waals surface area contributed by atoms with Crippen LogP contribution in [0.5, 0.6) is 0 Å². The highest BCUT2D eigenvalue weighted by Gasteiger charge is 2.15. The summed E-state index contributed by atoms with van der Waals surface area (Å²) in [5.41, 5.74) is 0. The largest absolute Gasteiger partial charge is 0.362 e. The molecule has 0 aromatic rings. The fraction of sp³-hybridized carbons (Fsp3) is 0.714. The van der Waals surface area contributed by atoms with Crippen molar-refractivity contribution in [3.05, 3.63) is 0 Å². The second-order valence-corrected chi connectivity index (χ2v) is 3.66. The molecule has 68 valence electrons. The van der Waals surface area contributed by atoms with E-state index < -0.39 is 0 Å². The molecule has 1 fully saturated rings. The van der Waals surface area contributed by atoms with Gasteiger partial charge in [0.25, 0.3) is 0 Å². The molecule has 0 radical (unpaired) electrons. The van der Waals surface area contributed by atoms with E-state index in [-0.39, 0.29) is 12.5 Å². The van der Waals surface area contributed by atoms with Gasteiger partial charge in [-0.1, -0.05) is 11.8 Å². The van der Waals surface area contributed by atoms with Crippen molar-refractivity contribution in [1.29, 1.82) is 0 Å². The molecule has 1 rings (SSSR count). The van der Waals surface area contributed by atoms with Crippen LogP contribution in [0, 0.1) is 0 Å². The molecule has 0 aromatic carbocycles. The fourth-order valence-corrected chi connectivity index (χ4v) is 1.74. The van der Waals surface area contributed by atoms with Gasteiger partial charge in [0, 0.05) is 18.8 Å². The lowest BCUT2D eigenvalue weighted by molar-refractivity contribution is -0.119. The van der Waals surface area contributed by atoms with Crippen LogP contribution in [0.2, 0.25) is 0 Å². The van der Waals surface area contributed by atoms with Crippen molar-refractivity contribution in [2.75, 3.05) is 19.3 Å². The molecule has 0 aromatic heterocycles. The van der Waals surface area contributed by atoms with Crippen LogP contribution in [0.1, 0.15) is 6.92 Å². The van der Waals surface area contributed by atoms with Crippen molar-refractivity contribution < 1.29 is 4.79 Å². The Morgan fingerprint density at radius 3 is 3.17 bits per heavy atom. The Morgan fingerprint density at radius 2 is 2.67 bits per heavy atom. The third-order valence-corrected chi connectivity index (χ3v) is 2.67. The van der Waals surface area contributed by atoms with Gasteiger partial charge in [-0.3, -0.25) is 9.79 Å². The first-order valence-electron chi connectivity index (χ1n) is 3.86. The van der Waals surface area contributed by atoms with E-state index in [9.17, 15) is 4.79 Å². The van der Waals surface area contributed by atoms with E-state index in [1.54, 1.807) is 18.8 Å². The zero-order valence-corrected chi connectivity index (χ0v) is 8.07. The Bertz CT molecular complexity index is 205. The van der Waals surface area contributed by atoms with Crippen LogP contribution in [-0.2, 0) is 4.79 Å². The summed E-state index contributed by atoms with van der Waals surface area (Å²) in [6, 6.07) is 0.471. The van der Waals surface area contributed by atoms with E-state index in [1.807, 2.05) is 0 Å². The SMILES string of the molecule is CNC(=O)CN=C1NC(C)CS1. The molecule has 0 bridgehead atoms. The summed E-state index contributed by atoms with van der Waals surface area (Å²) in [5.74, 6) is 0.983. The highest BCUT2D eigenvalue weighted by molar-refractivity contribution is 8.14. The maximum Gasteiger partial charge on any atom is 0.241 e. The Balaban J connectivity index is 2.33. The molecule has 0 saturated carbocycles. The van der Waals surface area contributed by atoms with Crippen molar-refractivity contribution >= 4 is 22.8 Å². The lowest BCUT2D eigenvalue weighted by Crippen LogP contribution is -2.25. The zero-order chi connectivity index (χ0) is 8.97. The van der Waals surface area contributed by atoms with E-state index in [1.165, 1.54) is 0 Å². The monoisotopic (exact) mass is 187 g/mol. The molecular weight excluding hydrogens is 174 g/mol. The molecule has 1 aliphatic heterocycles. The minimum Gasteiger partial charge on any atom is -0.362 e.